The maximum Gasteiger partial charge on any atom is 0.242 e. The molecule has 2 bridgehead atoms. The normalized spacial score (nSPS) is 28.2. The number of nitrogens with two attached hydrogens (primary N) is 1. The smallest absolute Gasteiger partial charge is 0.242 e. The minimum Gasteiger partial charge on any atom is -0.373 e. The Hall–Kier alpha value is -0.470. The Morgan fingerprint density at radius 3 is 2.76 bits per heavy atom. The minimum absolute atomic E-state index is 0.0161. The molecule has 0 spiro atoms. The Labute approximate surface area is 133 Å². The van der Waals surface area contributed by atoms with E-state index in [1.54, 1.807) is 6.07 Å². The molecule has 2 saturated heterocycles. The van der Waals surface area contributed by atoms with E-state index in [0.717, 1.165) is 30.4 Å². The van der Waals surface area contributed by atoms with Crippen molar-refractivity contribution >= 4 is 26.0 Å². The number of nitrogens with one attached hydrogen (secondary N) is 1. The number of halogens is 1. The molecule has 0 aromatic heterocycles. The summed E-state index contributed by atoms with van der Waals surface area (Å²) < 4.78 is 34.4. The number of sulfonamides is 1. The number of fused-ring (bicyclic) bond motifs is 2. The van der Waals surface area contributed by atoms with Gasteiger partial charge in [-0.1, -0.05) is 6.07 Å². The fraction of sp³-hybridized carbons (Fsp3) is 0.571. The number of aryl methyl sites for hydroxylation is 1. The molecular formula is C14H19BrN2O3S. The van der Waals surface area contributed by atoms with Crippen LogP contribution in [0.1, 0.15) is 30.4 Å². The van der Waals surface area contributed by atoms with Gasteiger partial charge in [-0.05, 0) is 59.3 Å². The molecule has 7 heteroatoms. The maximum atomic E-state index is 12.7. The Morgan fingerprint density at radius 2 is 2.19 bits per heavy atom. The van der Waals surface area contributed by atoms with E-state index in [0.29, 0.717) is 11.0 Å². The van der Waals surface area contributed by atoms with E-state index >= 15 is 0 Å². The van der Waals surface area contributed by atoms with Crippen LogP contribution in [-0.4, -0.2) is 26.7 Å². The van der Waals surface area contributed by atoms with Gasteiger partial charge in [-0.3, -0.25) is 0 Å². The third kappa shape index (κ3) is 2.90. The van der Waals surface area contributed by atoms with Crippen molar-refractivity contribution in [1.29, 1.82) is 0 Å². The van der Waals surface area contributed by atoms with Crippen molar-refractivity contribution in [3.8, 4) is 0 Å². The van der Waals surface area contributed by atoms with Gasteiger partial charge in [-0.25, -0.2) is 13.1 Å². The van der Waals surface area contributed by atoms with Gasteiger partial charge in [0.15, 0.2) is 0 Å². The quantitative estimate of drug-likeness (QED) is 0.841. The van der Waals surface area contributed by atoms with E-state index in [2.05, 4.69) is 20.7 Å². The molecule has 3 unspecified atom stereocenters. The summed E-state index contributed by atoms with van der Waals surface area (Å²) in [5.74, 6) is 0. The largest absolute Gasteiger partial charge is 0.373 e. The van der Waals surface area contributed by atoms with Gasteiger partial charge in [0, 0.05) is 11.0 Å². The molecule has 116 valence electrons. The van der Waals surface area contributed by atoms with Gasteiger partial charge in [-0.2, -0.15) is 0 Å². The highest BCUT2D eigenvalue weighted by atomic mass is 79.9. The van der Waals surface area contributed by atoms with E-state index < -0.39 is 10.0 Å². The number of rotatable bonds is 4. The van der Waals surface area contributed by atoms with Crippen LogP contribution in [0.2, 0.25) is 0 Å². The van der Waals surface area contributed by atoms with Crippen molar-refractivity contribution < 1.29 is 13.2 Å². The first-order valence-corrected chi connectivity index (χ1v) is 9.35. The van der Waals surface area contributed by atoms with Crippen LogP contribution in [0.25, 0.3) is 0 Å². The number of hydrogen-bond acceptors (Lipinski definition) is 4. The molecule has 0 saturated carbocycles. The highest BCUT2D eigenvalue weighted by molar-refractivity contribution is 9.10. The Balaban J connectivity index is 1.89. The lowest BCUT2D eigenvalue weighted by Crippen LogP contribution is -2.41. The van der Waals surface area contributed by atoms with Gasteiger partial charge in [0.2, 0.25) is 10.0 Å². The van der Waals surface area contributed by atoms with Crippen molar-refractivity contribution in [1.82, 2.24) is 4.72 Å². The molecule has 2 aliphatic rings. The number of benzene rings is 1. The summed E-state index contributed by atoms with van der Waals surface area (Å²) in [6.07, 6.45) is 2.96. The molecule has 0 aliphatic carbocycles. The zero-order valence-electron chi connectivity index (χ0n) is 11.8. The molecule has 3 N–H and O–H groups in total. The first kappa shape index (κ1) is 15.4. The zero-order valence-corrected chi connectivity index (χ0v) is 14.2. The molecule has 2 aliphatic heterocycles. The number of hydrogen-bond donors (Lipinski definition) is 2. The monoisotopic (exact) mass is 374 g/mol. The predicted molar refractivity (Wildman–Crippen MR) is 83.4 cm³/mol. The SMILES string of the molecule is Cc1cc(CN)cc(S(=O)(=O)NC2CC3CCC2O3)c1Br. The number of ether oxygens (including phenoxy) is 1. The highest BCUT2D eigenvalue weighted by Gasteiger charge is 2.42. The van der Waals surface area contributed by atoms with Crippen molar-refractivity contribution in [2.24, 2.45) is 5.73 Å². The van der Waals surface area contributed by atoms with E-state index in [9.17, 15) is 8.42 Å². The standard InChI is InChI=1S/C14H19BrN2O3S/c1-8-4-9(7-16)5-13(14(8)15)21(18,19)17-11-6-10-2-3-12(11)20-10/h4-5,10-12,17H,2-3,6-7,16H2,1H3. The molecule has 2 fully saturated rings. The van der Waals surface area contributed by atoms with Gasteiger partial charge < -0.3 is 10.5 Å². The van der Waals surface area contributed by atoms with Crippen LogP contribution in [0.5, 0.6) is 0 Å². The van der Waals surface area contributed by atoms with Crippen LogP contribution < -0.4 is 10.5 Å². The van der Waals surface area contributed by atoms with Crippen molar-refractivity contribution in [2.75, 3.05) is 0 Å². The van der Waals surface area contributed by atoms with Crippen LogP contribution >= 0.6 is 15.9 Å². The van der Waals surface area contributed by atoms with E-state index in [1.165, 1.54) is 0 Å². The third-order valence-electron chi connectivity index (χ3n) is 4.22. The second-order valence-electron chi connectivity index (χ2n) is 5.77. The van der Waals surface area contributed by atoms with Gasteiger partial charge in [0.25, 0.3) is 0 Å². The Morgan fingerprint density at radius 1 is 1.43 bits per heavy atom. The van der Waals surface area contributed by atoms with Crippen LogP contribution in [-0.2, 0) is 21.3 Å². The van der Waals surface area contributed by atoms with E-state index in [-0.39, 0.29) is 23.1 Å². The fourth-order valence-corrected chi connectivity index (χ4v) is 5.49. The lowest BCUT2D eigenvalue weighted by molar-refractivity contribution is 0.0996. The van der Waals surface area contributed by atoms with Crippen LogP contribution in [0.4, 0.5) is 0 Å². The summed E-state index contributed by atoms with van der Waals surface area (Å²) in [5, 5.41) is 0. The van der Waals surface area contributed by atoms with Gasteiger partial charge >= 0.3 is 0 Å². The minimum atomic E-state index is -3.58. The fourth-order valence-electron chi connectivity index (χ4n) is 3.15. The zero-order chi connectivity index (χ0) is 15.2. The summed E-state index contributed by atoms with van der Waals surface area (Å²) in [6.45, 7) is 2.18. The van der Waals surface area contributed by atoms with Crippen molar-refractivity contribution in [3.63, 3.8) is 0 Å². The molecule has 3 atom stereocenters. The van der Waals surface area contributed by atoms with Gasteiger partial charge in [-0.15, -0.1) is 0 Å². The van der Waals surface area contributed by atoms with Crippen LogP contribution in [0, 0.1) is 6.92 Å². The second kappa shape index (κ2) is 5.62. The molecule has 3 rings (SSSR count). The molecule has 1 aromatic carbocycles. The summed E-state index contributed by atoms with van der Waals surface area (Å²) in [6, 6.07) is 3.40. The average Bonchev–Trinajstić information content (AvgIpc) is 3.03. The van der Waals surface area contributed by atoms with Crippen LogP contribution in [0.15, 0.2) is 21.5 Å². The molecule has 1 aromatic rings. The average molecular weight is 375 g/mol. The first-order chi connectivity index (χ1) is 9.90. The molecule has 21 heavy (non-hydrogen) atoms. The van der Waals surface area contributed by atoms with E-state index in [1.807, 2.05) is 13.0 Å². The van der Waals surface area contributed by atoms with Gasteiger partial charge in [0.1, 0.15) is 0 Å². The van der Waals surface area contributed by atoms with E-state index in [4.69, 9.17) is 10.5 Å². The van der Waals surface area contributed by atoms with Crippen molar-refractivity contribution in [2.45, 2.75) is 55.9 Å². The molecular weight excluding hydrogens is 356 g/mol. The lowest BCUT2D eigenvalue weighted by Gasteiger charge is -2.21. The Bertz CT molecular complexity index is 662. The molecule has 2 heterocycles. The summed E-state index contributed by atoms with van der Waals surface area (Å²) >= 11 is 3.38. The van der Waals surface area contributed by atoms with Crippen molar-refractivity contribution in [3.05, 3.63) is 27.7 Å². The molecule has 5 nitrogen and oxygen atoms in total. The molecule has 0 amide bonds. The summed E-state index contributed by atoms with van der Waals surface area (Å²) in [7, 11) is -3.58. The highest BCUT2D eigenvalue weighted by Crippen LogP contribution is 2.36. The molecule has 0 radical (unpaired) electrons. The summed E-state index contributed by atoms with van der Waals surface area (Å²) in [5.41, 5.74) is 7.31. The predicted octanol–water partition coefficient (Wildman–Crippen LogP) is 1.81. The van der Waals surface area contributed by atoms with Gasteiger partial charge in [0.05, 0.1) is 23.1 Å². The lowest BCUT2D eigenvalue weighted by atomic mass is 9.96. The summed E-state index contributed by atoms with van der Waals surface area (Å²) in [4.78, 5) is 0.255. The topological polar surface area (TPSA) is 81.4 Å². The Kier molecular flexibility index (Phi) is 4.13. The maximum absolute atomic E-state index is 12.7. The second-order valence-corrected chi connectivity index (χ2v) is 8.24. The van der Waals surface area contributed by atoms with Crippen LogP contribution in [0.3, 0.4) is 0 Å². The third-order valence-corrected chi connectivity index (χ3v) is 7.05. The first-order valence-electron chi connectivity index (χ1n) is 7.07.